The summed E-state index contributed by atoms with van der Waals surface area (Å²) >= 11 is 1.55. The van der Waals surface area contributed by atoms with Crippen molar-refractivity contribution in [2.45, 2.75) is 17.3 Å². The molecular weight excluding hydrogens is 388 g/mol. The molecule has 0 spiro atoms. The highest BCUT2D eigenvalue weighted by Gasteiger charge is 2.19. The van der Waals surface area contributed by atoms with Crippen LogP contribution in [-0.4, -0.2) is 34.0 Å². The van der Waals surface area contributed by atoms with E-state index in [0.717, 1.165) is 27.9 Å². The fraction of sp³-hybridized carbons (Fsp3) is 0.190. The normalized spacial score (nSPS) is 12.0. The van der Waals surface area contributed by atoms with Gasteiger partial charge in [0.2, 0.25) is 11.8 Å². The van der Waals surface area contributed by atoms with E-state index in [2.05, 4.69) is 15.2 Å². The Labute approximate surface area is 172 Å². The van der Waals surface area contributed by atoms with E-state index in [0.29, 0.717) is 11.8 Å². The number of benzene rings is 2. The zero-order chi connectivity index (χ0) is 20.2. The first-order valence-corrected chi connectivity index (χ1v) is 9.88. The summed E-state index contributed by atoms with van der Waals surface area (Å²) in [6.45, 7) is 2.02. The molecule has 7 nitrogen and oxygen atoms in total. The lowest BCUT2D eigenvalue weighted by molar-refractivity contribution is 0.414. The monoisotopic (exact) mass is 408 g/mol. The quantitative estimate of drug-likeness (QED) is 0.407. The van der Waals surface area contributed by atoms with Gasteiger partial charge in [-0.1, -0.05) is 11.8 Å². The van der Waals surface area contributed by atoms with Gasteiger partial charge in [0.1, 0.15) is 11.5 Å². The van der Waals surface area contributed by atoms with Crippen molar-refractivity contribution in [2.75, 3.05) is 14.2 Å². The fourth-order valence-corrected chi connectivity index (χ4v) is 3.69. The first kappa shape index (κ1) is 19.1. The summed E-state index contributed by atoms with van der Waals surface area (Å²) in [5.41, 5.74) is 1.85. The van der Waals surface area contributed by atoms with Crippen molar-refractivity contribution < 1.29 is 13.9 Å². The number of methoxy groups -OCH3 is 2. The Morgan fingerprint density at radius 2 is 1.59 bits per heavy atom. The average Bonchev–Trinajstić information content (AvgIpc) is 3.44. The topological polar surface area (TPSA) is 75.2 Å². The molecule has 0 aliphatic carbocycles. The summed E-state index contributed by atoms with van der Waals surface area (Å²) in [5.74, 6) is 2.62. The van der Waals surface area contributed by atoms with Crippen molar-refractivity contribution in [2.24, 2.45) is 0 Å². The first-order valence-electron chi connectivity index (χ1n) is 9.00. The Bertz CT molecular complexity index is 1070. The van der Waals surface area contributed by atoms with Gasteiger partial charge in [0.05, 0.1) is 19.5 Å². The lowest BCUT2D eigenvalue weighted by Crippen LogP contribution is -1.97. The molecule has 4 aromatic rings. The van der Waals surface area contributed by atoms with Crippen LogP contribution in [0.3, 0.4) is 0 Å². The van der Waals surface area contributed by atoms with Gasteiger partial charge in [0.25, 0.3) is 0 Å². The second kappa shape index (κ2) is 8.40. The molecule has 0 amide bonds. The molecule has 8 heteroatoms. The molecule has 0 radical (unpaired) electrons. The van der Waals surface area contributed by atoms with E-state index in [-0.39, 0.29) is 5.25 Å². The van der Waals surface area contributed by atoms with Gasteiger partial charge in [-0.2, -0.15) is 0 Å². The summed E-state index contributed by atoms with van der Waals surface area (Å²) in [5, 5.41) is 9.18. The van der Waals surface area contributed by atoms with Crippen molar-refractivity contribution in [3.63, 3.8) is 0 Å². The van der Waals surface area contributed by atoms with E-state index in [4.69, 9.17) is 13.9 Å². The van der Waals surface area contributed by atoms with Gasteiger partial charge in [-0.05, 0) is 55.5 Å². The highest BCUT2D eigenvalue weighted by Crippen LogP contribution is 2.35. The molecule has 29 heavy (non-hydrogen) atoms. The van der Waals surface area contributed by atoms with E-state index >= 15 is 0 Å². The van der Waals surface area contributed by atoms with Crippen molar-refractivity contribution in [1.82, 2.24) is 19.7 Å². The molecule has 0 aliphatic rings. The summed E-state index contributed by atoms with van der Waals surface area (Å²) < 4.78 is 18.3. The van der Waals surface area contributed by atoms with Crippen LogP contribution in [0.15, 0.2) is 70.5 Å². The molecule has 2 aromatic heterocycles. The molecule has 0 unspecified atom stereocenters. The van der Waals surface area contributed by atoms with Crippen LogP contribution in [0.1, 0.15) is 18.1 Å². The molecule has 2 heterocycles. The smallest absolute Gasteiger partial charge is 0.247 e. The molecule has 0 bridgehead atoms. The number of aromatic nitrogens is 4. The molecular formula is C21H20N4O3S. The first-order chi connectivity index (χ1) is 14.2. The van der Waals surface area contributed by atoms with Crippen LogP contribution >= 0.6 is 11.8 Å². The lowest BCUT2D eigenvalue weighted by Gasteiger charge is -2.10. The molecule has 1 atom stereocenters. The van der Waals surface area contributed by atoms with Gasteiger partial charge in [-0.25, -0.2) is 4.98 Å². The molecule has 0 fully saturated rings. The molecule has 0 aliphatic heterocycles. The van der Waals surface area contributed by atoms with Crippen LogP contribution < -0.4 is 9.47 Å². The summed E-state index contributed by atoms with van der Waals surface area (Å²) in [6, 6.07) is 15.3. The van der Waals surface area contributed by atoms with Gasteiger partial charge in [-0.3, -0.25) is 4.57 Å². The molecule has 0 saturated carbocycles. The second-order valence-corrected chi connectivity index (χ2v) is 7.52. The predicted molar refractivity (Wildman–Crippen MR) is 111 cm³/mol. The summed E-state index contributed by atoms with van der Waals surface area (Å²) in [4.78, 5) is 4.48. The van der Waals surface area contributed by atoms with Gasteiger partial charge < -0.3 is 13.9 Å². The van der Waals surface area contributed by atoms with Crippen LogP contribution in [0, 0.1) is 0 Å². The maximum absolute atomic E-state index is 5.89. The second-order valence-electron chi connectivity index (χ2n) is 6.21. The predicted octanol–water partition coefficient (Wildman–Crippen LogP) is 4.79. The Morgan fingerprint density at radius 1 is 0.931 bits per heavy atom. The van der Waals surface area contributed by atoms with Crippen LogP contribution in [0.2, 0.25) is 0 Å². The van der Waals surface area contributed by atoms with Gasteiger partial charge in [0, 0.05) is 23.6 Å². The highest BCUT2D eigenvalue weighted by atomic mass is 32.2. The van der Waals surface area contributed by atoms with Crippen molar-refractivity contribution >= 4 is 11.8 Å². The molecule has 4 rings (SSSR count). The van der Waals surface area contributed by atoms with E-state index in [9.17, 15) is 0 Å². The number of hydrogen-bond donors (Lipinski definition) is 0. The summed E-state index contributed by atoms with van der Waals surface area (Å²) in [6.07, 6.45) is 3.70. The standard InChI is InChI=1S/C21H20N4O3S/c1-14(19-23-24-20(28-19)15-4-8-17(26-2)9-5-15)29-21-22-12-13-25(21)16-6-10-18(27-3)11-7-16/h4-14H,1-3H3/t14-/m1/s1. The third-order valence-electron chi connectivity index (χ3n) is 4.36. The fourth-order valence-electron chi connectivity index (χ4n) is 2.77. The van der Waals surface area contributed by atoms with E-state index in [1.165, 1.54) is 0 Å². The zero-order valence-electron chi connectivity index (χ0n) is 16.3. The number of imidazole rings is 1. The van der Waals surface area contributed by atoms with Crippen LogP contribution in [0.5, 0.6) is 11.5 Å². The molecule has 2 aromatic carbocycles. The minimum absolute atomic E-state index is 0.0612. The largest absolute Gasteiger partial charge is 0.497 e. The maximum atomic E-state index is 5.89. The maximum Gasteiger partial charge on any atom is 0.247 e. The summed E-state index contributed by atoms with van der Waals surface area (Å²) in [7, 11) is 3.29. The van der Waals surface area contributed by atoms with Gasteiger partial charge >= 0.3 is 0 Å². The Morgan fingerprint density at radius 3 is 2.24 bits per heavy atom. The average molecular weight is 408 g/mol. The number of thioether (sulfide) groups is 1. The van der Waals surface area contributed by atoms with Crippen molar-refractivity contribution in [3.05, 3.63) is 66.8 Å². The number of ether oxygens (including phenoxy) is 2. The van der Waals surface area contributed by atoms with Crippen LogP contribution in [-0.2, 0) is 0 Å². The third kappa shape index (κ3) is 4.12. The molecule has 148 valence electrons. The van der Waals surface area contributed by atoms with E-state index in [1.807, 2.05) is 66.2 Å². The Hall–Kier alpha value is -3.26. The molecule has 0 N–H and O–H groups in total. The highest BCUT2D eigenvalue weighted by molar-refractivity contribution is 7.99. The Balaban J connectivity index is 1.51. The van der Waals surface area contributed by atoms with Crippen LogP contribution in [0.4, 0.5) is 0 Å². The van der Waals surface area contributed by atoms with E-state index < -0.39 is 0 Å². The lowest BCUT2D eigenvalue weighted by atomic mass is 10.2. The van der Waals surface area contributed by atoms with E-state index in [1.54, 1.807) is 32.2 Å². The number of hydrogen-bond acceptors (Lipinski definition) is 7. The number of rotatable bonds is 7. The number of nitrogens with zero attached hydrogens (tertiary/aromatic N) is 4. The van der Waals surface area contributed by atoms with Crippen molar-refractivity contribution in [1.29, 1.82) is 0 Å². The van der Waals surface area contributed by atoms with Crippen LogP contribution in [0.25, 0.3) is 17.1 Å². The SMILES string of the molecule is COc1ccc(-c2nnc([C@@H](C)Sc3nccn3-c3ccc(OC)cc3)o2)cc1. The Kier molecular flexibility index (Phi) is 5.53. The third-order valence-corrected chi connectivity index (χ3v) is 5.43. The molecule has 0 saturated heterocycles. The zero-order valence-corrected chi connectivity index (χ0v) is 17.1. The van der Waals surface area contributed by atoms with Gasteiger partial charge in [0.15, 0.2) is 5.16 Å². The van der Waals surface area contributed by atoms with Crippen molar-refractivity contribution in [3.8, 4) is 28.6 Å². The minimum atomic E-state index is -0.0612. The van der Waals surface area contributed by atoms with Gasteiger partial charge in [-0.15, -0.1) is 10.2 Å². The minimum Gasteiger partial charge on any atom is -0.497 e.